The summed E-state index contributed by atoms with van der Waals surface area (Å²) in [6.07, 6.45) is 9.84. The van der Waals surface area contributed by atoms with Gasteiger partial charge in [0.05, 0.1) is 7.11 Å². The van der Waals surface area contributed by atoms with E-state index in [1.807, 2.05) is 18.2 Å². The summed E-state index contributed by atoms with van der Waals surface area (Å²) in [5.74, 6) is 8.81. The van der Waals surface area contributed by atoms with E-state index in [2.05, 4.69) is 31.0 Å². The summed E-state index contributed by atoms with van der Waals surface area (Å²) in [6.45, 7) is 7.70. The fraction of sp³-hybridized carbons (Fsp3) is 0.767. The maximum Gasteiger partial charge on any atom is 0.160 e. The first-order valence-corrected chi connectivity index (χ1v) is 14.3. The summed E-state index contributed by atoms with van der Waals surface area (Å²) in [4.78, 5) is 15.6. The van der Waals surface area contributed by atoms with Gasteiger partial charge in [0.1, 0.15) is 23.3 Å². The molecule has 0 saturated heterocycles. The molecule has 0 spiro atoms. The Kier molecular flexibility index (Phi) is 4.97. The first-order chi connectivity index (χ1) is 16.9. The highest BCUT2D eigenvalue weighted by atomic mass is 16.5. The van der Waals surface area contributed by atoms with Crippen molar-refractivity contribution in [3.8, 4) is 5.75 Å². The average molecular weight is 476 g/mol. The SMILES string of the molecule is COc1ccc2nn(CC(=O)[C@H]3[C@H]4[C@@H](C)[C@H]4C4[C@@H]5CC[C@@H]6C[C@@H](C)CC[C@@H]6C5CC[C@@]43C)nc2c1. The third-order valence-electron chi connectivity index (χ3n) is 11.8. The molecule has 35 heavy (non-hydrogen) atoms. The summed E-state index contributed by atoms with van der Waals surface area (Å²) in [7, 11) is 1.66. The molecule has 5 saturated carbocycles. The van der Waals surface area contributed by atoms with Gasteiger partial charge in [-0.15, -0.1) is 0 Å². The number of aromatic nitrogens is 3. The van der Waals surface area contributed by atoms with Crippen molar-refractivity contribution in [2.75, 3.05) is 7.11 Å². The molecule has 2 unspecified atom stereocenters. The molecule has 5 aliphatic carbocycles. The van der Waals surface area contributed by atoms with Crippen molar-refractivity contribution in [1.29, 1.82) is 0 Å². The van der Waals surface area contributed by atoms with Crippen LogP contribution in [0.1, 0.15) is 65.7 Å². The summed E-state index contributed by atoms with van der Waals surface area (Å²) in [5, 5.41) is 9.27. The quantitative estimate of drug-likeness (QED) is 0.543. The molecule has 7 rings (SSSR count). The van der Waals surface area contributed by atoms with Crippen LogP contribution in [0.2, 0.25) is 0 Å². The van der Waals surface area contributed by atoms with Gasteiger partial charge in [0, 0.05) is 12.0 Å². The largest absolute Gasteiger partial charge is 0.497 e. The van der Waals surface area contributed by atoms with Gasteiger partial charge in [-0.25, -0.2) is 0 Å². The molecule has 0 N–H and O–H groups in total. The maximum atomic E-state index is 14.0. The lowest BCUT2D eigenvalue weighted by molar-refractivity contribution is -0.135. The van der Waals surface area contributed by atoms with Crippen molar-refractivity contribution in [2.45, 2.75) is 72.3 Å². The molecule has 2 aromatic rings. The van der Waals surface area contributed by atoms with E-state index in [1.165, 1.54) is 44.9 Å². The molecule has 5 heteroatoms. The number of nitrogens with zero attached hydrogens (tertiary/aromatic N) is 3. The number of hydrogen-bond donors (Lipinski definition) is 0. The summed E-state index contributed by atoms with van der Waals surface area (Å²) < 4.78 is 5.34. The third-order valence-corrected chi connectivity index (χ3v) is 11.8. The summed E-state index contributed by atoms with van der Waals surface area (Å²) in [5.41, 5.74) is 1.79. The average Bonchev–Trinajstić information content (AvgIpc) is 3.17. The fourth-order valence-corrected chi connectivity index (χ4v) is 10.5. The van der Waals surface area contributed by atoms with E-state index < -0.39 is 0 Å². The van der Waals surface area contributed by atoms with Crippen molar-refractivity contribution in [3.63, 3.8) is 0 Å². The van der Waals surface area contributed by atoms with Crippen LogP contribution in [0, 0.1) is 64.6 Å². The highest BCUT2D eigenvalue weighted by molar-refractivity contribution is 5.83. The molecule has 5 aliphatic rings. The van der Waals surface area contributed by atoms with Gasteiger partial charge in [0.2, 0.25) is 0 Å². The van der Waals surface area contributed by atoms with Crippen LogP contribution < -0.4 is 4.74 Å². The predicted octanol–water partition coefficient (Wildman–Crippen LogP) is 6.02. The topological polar surface area (TPSA) is 57.0 Å². The number of ether oxygens (including phenoxy) is 1. The number of Topliss-reactive ketones (excluding diaryl/α,β-unsaturated/α-hetero) is 1. The minimum Gasteiger partial charge on any atom is -0.497 e. The van der Waals surface area contributed by atoms with E-state index in [-0.39, 0.29) is 11.3 Å². The Bertz CT molecular complexity index is 1160. The molecule has 1 aromatic heterocycles. The Labute approximate surface area is 209 Å². The molecule has 1 aromatic carbocycles. The van der Waals surface area contributed by atoms with Gasteiger partial charge in [-0.05, 0) is 109 Å². The van der Waals surface area contributed by atoms with Gasteiger partial charge in [0.25, 0.3) is 0 Å². The summed E-state index contributed by atoms with van der Waals surface area (Å²) in [6, 6.07) is 5.74. The van der Waals surface area contributed by atoms with Crippen LogP contribution >= 0.6 is 0 Å². The van der Waals surface area contributed by atoms with Crippen molar-refractivity contribution >= 4 is 16.8 Å². The Morgan fingerprint density at radius 3 is 2.66 bits per heavy atom. The van der Waals surface area contributed by atoms with Crippen LogP contribution in [0.25, 0.3) is 11.0 Å². The van der Waals surface area contributed by atoms with Gasteiger partial charge >= 0.3 is 0 Å². The number of fused-ring (bicyclic) bond motifs is 8. The fourth-order valence-electron chi connectivity index (χ4n) is 10.5. The molecule has 0 radical (unpaired) electrons. The minimum absolute atomic E-state index is 0.171. The van der Waals surface area contributed by atoms with Crippen molar-refractivity contribution in [1.82, 2.24) is 15.0 Å². The Balaban J connectivity index is 1.14. The number of carbonyl (C=O) groups excluding carboxylic acids is 1. The molecule has 11 atom stereocenters. The van der Waals surface area contributed by atoms with Crippen molar-refractivity contribution < 1.29 is 9.53 Å². The molecule has 5 nitrogen and oxygen atoms in total. The standard InChI is InChI=1S/C30H41N3O2/c1-16-5-8-20-18(13-16)6-9-22-21(20)11-12-30(3)28(22)26-17(2)27(26)29(30)25(34)15-33-31-23-10-7-19(35-4)14-24(23)32-33/h7,10,14,16-18,20-22,26-29H,5-6,8-9,11-13,15H2,1-4H3/t16-,17-,18+,20-,21?,22+,26+,27-,28?,29-,30-/m0/s1. The molecule has 5 fully saturated rings. The third kappa shape index (κ3) is 3.21. The van der Waals surface area contributed by atoms with E-state index in [9.17, 15) is 4.79 Å². The second-order valence-corrected chi connectivity index (χ2v) is 13.4. The molecule has 0 bridgehead atoms. The normalized spacial score (nSPS) is 45.8. The van der Waals surface area contributed by atoms with Crippen LogP contribution in [0.15, 0.2) is 18.2 Å². The van der Waals surface area contributed by atoms with Gasteiger partial charge in [0.15, 0.2) is 5.78 Å². The molecule has 0 amide bonds. The zero-order chi connectivity index (χ0) is 24.1. The van der Waals surface area contributed by atoms with Crippen LogP contribution in [0.3, 0.4) is 0 Å². The van der Waals surface area contributed by atoms with E-state index in [0.29, 0.717) is 24.2 Å². The first-order valence-electron chi connectivity index (χ1n) is 14.3. The van der Waals surface area contributed by atoms with E-state index in [1.54, 1.807) is 11.9 Å². The van der Waals surface area contributed by atoms with Crippen LogP contribution in [-0.4, -0.2) is 27.9 Å². The Hall–Kier alpha value is -1.91. The zero-order valence-corrected chi connectivity index (χ0v) is 21.8. The first kappa shape index (κ1) is 22.3. The van der Waals surface area contributed by atoms with Crippen molar-refractivity contribution in [2.24, 2.45) is 64.6 Å². The highest BCUT2D eigenvalue weighted by Crippen LogP contribution is 2.76. The van der Waals surface area contributed by atoms with Crippen LogP contribution in [-0.2, 0) is 11.3 Å². The zero-order valence-electron chi connectivity index (χ0n) is 21.8. The lowest BCUT2D eigenvalue weighted by Crippen LogP contribution is -2.51. The number of methoxy groups -OCH3 is 1. The second-order valence-electron chi connectivity index (χ2n) is 13.4. The Morgan fingerprint density at radius 1 is 1.03 bits per heavy atom. The maximum absolute atomic E-state index is 14.0. The predicted molar refractivity (Wildman–Crippen MR) is 136 cm³/mol. The monoisotopic (exact) mass is 475 g/mol. The van der Waals surface area contributed by atoms with E-state index in [4.69, 9.17) is 4.74 Å². The van der Waals surface area contributed by atoms with Crippen LogP contribution in [0.5, 0.6) is 5.75 Å². The van der Waals surface area contributed by atoms with Crippen molar-refractivity contribution in [3.05, 3.63) is 18.2 Å². The molecule has 1 heterocycles. The second kappa shape index (κ2) is 7.79. The smallest absolute Gasteiger partial charge is 0.160 e. The highest BCUT2D eigenvalue weighted by Gasteiger charge is 2.73. The number of ketones is 1. The van der Waals surface area contributed by atoms with Gasteiger partial charge in [-0.3, -0.25) is 4.79 Å². The number of hydrogen-bond acceptors (Lipinski definition) is 4. The van der Waals surface area contributed by atoms with E-state index >= 15 is 0 Å². The lowest BCUT2D eigenvalue weighted by Gasteiger charge is -2.57. The van der Waals surface area contributed by atoms with E-state index in [0.717, 1.165) is 58.2 Å². The number of benzene rings is 1. The molecular formula is C30H41N3O2. The minimum atomic E-state index is 0.171. The van der Waals surface area contributed by atoms with Gasteiger partial charge < -0.3 is 4.74 Å². The van der Waals surface area contributed by atoms with Crippen LogP contribution in [0.4, 0.5) is 0 Å². The molecule has 188 valence electrons. The molecule has 0 aliphatic heterocycles. The van der Waals surface area contributed by atoms with Gasteiger partial charge in [-0.2, -0.15) is 15.0 Å². The number of rotatable bonds is 4. The number of carbonyl (C=O) groups is 1. The summed E-state index contributed by atoms with van der Waals surface area (Å²) >= 11 is 0. The molecular weight excluding hydrogens is 434 g/mol. The Morgan fingerprint density at radius 2 is 1.83 bits per heavy atom. The van der Waals surface area contributed by atoms with Gasteiger partial charge in [-0.1, -0.05) is 27.2 Å². The lowest BCUT2D eigenvalue weighted by atomic mass is 9.47.